The number of anilines is 1. The molecule has 3 aromatic carbocycles. The number of para-hydroxylation sites is 1. The summed E-state index contributed by atoms with van der Waals surface area (Å²) in [4.78, 5) is 29.3. The molecule has 0 saturated heterocycles. The van der Waals surface area contributed by atoms with E-state index in [0.29, 0.717) is 28.4 Å². The van der Waals surface area contributed by atoms with Crippen LogP contribution in [0.15, 0.2) is 77.7 Å². The van der Waals surface area contributed by atoms with Crippen molar-refractivity contribution in [2.75, 3.05) is 18.0 Å². The number of amides is 2. The molecule has 3 aromatic rings. The Labute approximate surface area is 253 Å². The average molecular weight is 612 g/mol. The molecule has 0 bridgehead atoms. The van der Waals surface area contributed by atoms with Gasteiger partial charge in [-0.1, -0.05) is 61.7 Å². The first kappa shape index (κ1) is 31.4. The van der Waals surface area contributed by atoms with E-state index in [9.17, 15) is 18.0 Å². The molecule has 224 valence electrons. The molecule has 1 fully saturated rings. The minimum Gasteiger partial charge on any atom is -0.497 e. The van der Waals surface area contributed by atoms with Gasteiger partial charge in [-0.25, -0.2) is 8.42 Å². The fraction of sp³-hybridized carbons (Fsp3) is 0.375. The van der Waals surface area contributed by atoms with E-state index in [1.807, 2.05) is 25.1 Å². The van der Waals surface area contributed by atoms with Gasteiger partial charge in [-0.2, -0.15) is 0 Å². The molecule has 1 saturated carbocycles. The summed E-state index contributed by atoms with van der Waals surface area (Å²) in [5.41, 5.74) is 1.86. The number of ether oxygens (including phenoxy) is 1. The van der Waals surface area contributed by atoms with Gasteiger partial charge in [0.15, 0.2) is 0 Å². The molecular formula is C32H38ClN3O5S. The van der Waals surface area contributed by atoms with Crippen molar-refractivity contribution in [3.63, 3.8) is 0 Å². The van der Waals surface area contributed by atoms with Crippen LogP contribution in [0.2, 0.25) is 5.02 Å². The second-order valence-electron chi connectivity index (χ2n) is 10.5. The van der Waals surface area contributed by atoms with E-state index in [1.165, 1.54) is 29.2 Å². The van der Waals surface area contributed by atoms with Crippen LogP contribution in [-0.4, -0.2) is 50.9 Å². The van der Waals surface area contributed by atoms with Gasteiger partial charge in [-0.15, -0.1) is 0 Å². The van der Waals surface area contributed by atoms with E-state index < -0.39 is 28.5 Å². The van der Waals surface area contributed by atoms with Crippen LogP contribution in [0.5, 0.6) is 5.75 Å². The third-order valence-corrected chi connectivity index (χ3v) is 9.69. The van der Waals surface area contributed by atoms with Crippen molar-refractivity contribution in [3.8, 4) is 5.75 Å². The molecule has 1 aliphatic rings. The number of nitrogens with one attached hydrogen (secondary N) is 1. The van der Waals surface area contributed by atoms with E-state index >= 15 is 0 Å². The Morgan fingerprint density at radius 2 is 1.64 bits per heavy atom. The number of methoxy groups -OCH3 is 1. The summed E-state index contributed by atoms with van der Waals surface area (Å²) in [5, 5.41) is 3.53. The number of hydrogen-bond acceptors (Lipinski definition) is 5. The van der Waals surface area contributed by atoms with Gasteiger partial charge in [0.05, 0.1) is 17.7 Å². The lowest BCUT2D eigenvalue weighted by molar-refractivity contribution is -0.140. The van der Waals surface area contributed by atoms with Crippen molar-refractivity contribution in [3.05, 3.63) is 88.9 Å². The molecular weight excluding hydrogens is 574 g/mol. The maximum Gasteiger partial charge on any atom is 0.264 e. The number of benzene rings is 3. The van der Waals surface area contributed by atoms with Gasteiger partial charge in [0.1, 0.15) is 18.3 Å². The van der Waals surface area contributed by atoms with Gasteiger partial charge in [0.25, 0.3) is 10.0 Å². The summed E-state index contributed by atoms with van der Waals surface area (Å²) in [6.45, 7) is 3.29. The third-order valence-electron chi connectivity index (χ3n) is 7.66. The number of carbonyl (C=O) groups is 2. The fourth-order valence-electron chi connectivity index (χ4n) is 5.31. The highest BCUT2D eigenvalue weighted by Gasteiger charge is 2.35. The minimum atomic E-state index is -4.17. The lowest BCUT2D eigenvalue weighted by atomic mass is 10.1. The van der Waals surface area contributed by atoms with E-state index in [2.05, 4.69) is 5.32 Å². The molecule has 0 heterocycles. The number of halogens is 1. The van der Waals surface area contributed by atoms with Crippen LogP contribution in [0.25, 0.3) is 0 Å². The second kappa shape index (κ2) is 14.1. The van der Waals surface area contributed by atoms with Crippen LogP contribution in [0, 0.1) is 6.92 Å². The van der Waals surface area contributed by atoms with Crippen molar-refractivity contribution in [2.45, 2.75) is 69.5 Å². The van der Waals surface area contributed by atoms with Crippen molar-refractivity contribution in [1.82, 2.24) is 10.2 Å². The lowest BCUT2D eigenvalue weighted by Crippen LogP contribution is -2.53. The van der Waals surface area contributed by atoms with Gasteiger partial charge in [-0.3, -0.25) is 13.9 Å². The van der Waals surface area contributed by atoms with E-state index in [1.54, 1.807) is 44.4 Å². The largest absolute Gasteiger partial charge is 0.497 e. The summed E-state index contributed by atoms with van der Waals surface area (Å²) in [6.07, 6.45) is 4.31. The average Bonchev–Trinajstić information content (AvgIpc) is 3.49. The molecule has 1 aliphatic carbocycles. The molecule has 0 spiro atoms. The third kappa shape index (κ3) is 7.44. The normalized spacial score (nSPS) is 14.3. The van der Waals surface area contributed by atoms with Gasteiger partial charge in [0, 0.05) is 17.6 Å². The summed E-state index contributed by atoms with van der Waals surface area (Å²) < 4.78 is 34.4. The predicted molar refractivity (Wildman–Crippen MR) is 165 cm³/mol. The Morgan fingerprint density at radius 3 is 2.24 bits per heavy atom. The Balaban J connectivity index is 1.72. The lowest BCUT2D eigenvalue weighted by Gasteiger charge is -2.34. The number of carbonyl (C=O) groups excluding carboxylic acids is 2. The van der Waals surface area contributed by atoms with Gasteiger partial charge in [-0.05, 0) is 79.8 Å². The van der Waals surface area contributed by atoms with E-state index in [4.69, 9.17) is 16.3 Å². The number of hydrogen-bond donors (Lipinski definition) is 1. The molecule has 10 heteroatoms. The number of nitrogens with zero attached hydrogens (tertiary/aromatic N) is 2. The van der Waals surface area contributed by atoms with Crippen molar-refractivity contribution >= 4 is 39.1 Å². The molecule has 2 amide bonds. The van der Waals surface area contributed by atoms with Crippen LogP contribution in [-0.2, 0) is 26.2 Å². The van der Waals surface area contributed by atoms with Crippen LogP contribution < -0.4 is 14.4 Å². The van der Waals surface area contributed by atoms with Crippen molar-refractivity contribution < 1.29 is 22.7 Å². The Hall–Kier alpha value is -3.56. The monoisotopic (exact) mass is 611 g/mol. The highest BCUT2D eigenvalue weighted by atomic mass is 35.5. The maximum atomic E-state index is 14.2. The highest BCUT2D eigenvalue weighted by molar-refractivity contribution is 7.92. The zero-order chi connectivity index (χ0) is 30.3. The number of aryl methyl sites for hydroxylation is 1. The quantitative estimate of drug-likeness (QED) is 0.283. The Bertz CT molecular complexity index is 1470. The first-order valence-electron chi connectivity index (χ1n) is 14.2. The Morgan fingerprint density at radius 1 is 1.00 bits per heavy atom. The van der Waals surface area contributed by atoms with Crippen LogP contribution in [0.1, 0.15) is 50.2 Å². The molecule has 1 atom stereocenters. The second-order valence-corrected chi connectivity index (χ2v) is 12.8. The summed E-state index contributed by atoms with van der Waals surface area (Å²) in [5.74, 6) is -0.0447. The molecule has 0 radical (unpaired) electrons. The zero-order valence-electron chi connectivity index (χ0n) is 24.3. The molecule has 0 aliphatic heterocycles. The number of sulfonamides is 1. The topological polar surface area (TPSA) is 96.0 Å². The van der Waals surface area contributed by atoms with Crippen LogP contribution in [0.3, 0.4) is 0 Å². The van der Waals surface area contributed by atoms with Crippen molar-refractivity contribution in [1.29, 1.82) is 0 Å². The molecule has 4 rings (SSSR count). The molecule has 8 nitrogen and oxygen atoms in total. The molecule has 1 unspecified atom stereocenters. The minimum absolute atomic E-state index is 0.00988. The molecule has 0 aromatic heterocycles. The summed E-state index contributed by atoms with van der Waals surface area (Å²) >= 11 is 6.03. The fourth-order valence-corrected chi connectivity index (χ4v) is 6.91. The number of rotatable bonds is 12. The molecule has 42 heavy (non-hydrogen) atoms. The smallest absolute Gasteiger partial charge is 0.264 e. The standard InChI is InChI=1S/C32H38ClN3O5S/c1-4-29(32(38)34-26-10-6-7-11-26)35(21-24-13-17-27(41-3)18-14-24)31(37)22-36(30-12-8-5-9-23(30)2)42(39,40)28-19-15-25(33)16-20-28/h5,8-9,12-20,26,29H,4,6-7,10-11,21-22H2,1-3H3,(H,34,38). The zero-order valence-corrected chi connectivity index (χ0v) is 25.8. The van der Waals surface area contributed by atoms with E-state index in [-0.39, 0.29) is 23.4 Å². The highest BCUT2D eigenvalue weighted by Crippen LogP contribution is 2.28. The summed E-state index contributed by atoms with van der Waals surface area (Å²) in [7, 11) is -2.59. The van der Waals surface area contributed by atoms with Crippen LogP contribution in [0.4, 0.5) is 5.69 Å². The van der Waals surface area contributed by atoms with Crippen LogP contribution >= 0.6 is 11.6 Å². The summed E-state index contributed by atoms with van der Waals surface area (Å²) in [6, 6.07) is 19.4. The van der Waals surface area contributed by atoms with E-state index in [0.717, 1.165) is 35.6 Å². The SMILES string of the molecule is CCC(C(=O)NC1CCCC1)N(Cc1ccc(OC)cc1)C(=O)CN(c1ccccc1C)S(=O)(=O)c1ccc(Cl)cc1. The van der Waals surface area contributed by atoms with Gasteiger partial charge in [0.2, 0.25) is 11.8 Å². The van der Waals surface area contributed by atoms with Gasteiger partial charge < -0.3 is 15.0 Å². The van der Waals surface area contributed by atoms with Gasteiger partial charge >= 0.3 is 0 Å². The van der Waals surface area contributed by atoms with Crippen molar-refractivity contribution in [2.24, 2.45) is 0 Å². The first-order chi connectivity index (χ1) is 20.1. The predicted octanol–water partition coefficient (Wildman–Crippen LogP) is 5.72. The first-order valence-corrected chi connectivity index (χ1v) is 16.0. The Kier molecular flexibility index (Phi) is 10.5. The maximum absolute atomic E-state index is 14.2. The molecule has 1 N–H and O–H groups in total.